The second kappa shape index (κ2) is 6.70. The summed E-state index contributed by atoms with van der Waals surface area (Å²) in [6.07, 6.45) is 0.458. The lowest BCUT2D eigenvalue weighted by Gasteiger charge is -2.11. The van der Waals surface area contributed by atoms with Gasteiger partial charge < -0.3 is 15.5 Å². The summed E-state index contributed by atoms with van der Waals surface area (Å²) in [7, 11) is 0. The highest BCUT2D eigenvalue weighted by atomic mass is 19.1. The Morgan fingerprint density at radius 1 is 1.28 bits per heavy atom. The summed E-state index contributed by atoms with van der Waals surface area (Å²) in [6.45, 7) is -0.655. The third kappa shape index (κ3) is 4.50. The van der Waals surface area contributed by atoms with Crippen molar-refractivity contribution in [2.45, 2.75) is 18.9 Å². The first kappa shape index (κ1) is 14.1. The van der Waals surface area contributed by atoms with Crippen molar-refractivity contribution in [2.24, 2.45) is 0 Å². The number of halogens is 1. The number of hydrogen-bond donors (Lipinski definition) is 3. The molecule has 5 nitrogen and oxygen atoms in total. The Labute approximate surface area is 103 Å². The zero-order chi connectivity index (χ0) is 13.5. The number of aryl methyl sites for hydroxylation is 1. The molecule has 6 heteroatoms. The van der Waals surface area contributed by atoms with Gasteiger partial charge in [0.15, 0.2) is 0 Å². The van der Waals surface area contributed by atoms with E-state index in [1.807, 2.05) is 0 Å². The summed E-state index contributed by atoms with van der Waals surface area (Å²) in [5, 5.41) is 19.5. The van der Waals surface area contributed by atoms with Crippen LogP contribution in [0.2, 0.25) is 0 Å². The number of aliphatic hydroxyl groups is 1. The average molecular weight is 255 g/mol. The van der Waals surface area contributed by atoms with Gasteiger partial charge in [-0.2, -0.15) is 0 Å². The molecule has 0 aliphatic heterocycles. The van der Waals surface area contributed by atoms with Crippen LogP contribution in [0.1, 0.15) is 12.0 Å². The lowest BCUT2D eigenvalue weighted by atomic mass is 10.1. The third-order valence-electron chi connectivity index (χ3n) is 2.37. The van der Waals surface area contributed by atoms with Gasteiger partial charge in [-0.1, -0.05) is 12.1 Å². The molecule has 0 aliphatic carbocycles. The number of carbonyl (C=O) groups is 2. The minimum absolute atomic E-state index is 0.0788. The zero-order valence-electron chi connectivity index (χ0n) is 9.60. The maximum Gasteiger partial charge on any atom is 0.328 e. The van der Waals surface area contributed by atoms with Crippen LogP contribution in [0, 0.1) is 5.82 Å². The fourth-order valence-corrected chi connectivity index (χ4v) is 1.36. The number of rotatable bonds is 6. The van der Waals surface area contributed by atoms with Crippen LogP contribution in [0.3, 0.4) is 0 Å². The molecule has 1 aromatic rings. The molecule has 0 bridgehead atoms. The second-order valence-electron chi connectivity index (χ2n) is 3.77. The van der Waals surface area contributed by atoms with Crippen LogP contribution in [0.4, 0.5) is 4.39 Å². The van der Waals surface area contributed by atoms with Crippen molar-refractivity contribution >= 4 is 11.9 Å². The highest BCUT2D eigenvalue weighted by molar-refractivity contribution is 5.83. The molecule has 0 heterocycles. The van der Waals surface area contributed by atoms with Gasteiger partial charge in [0.2, 0.25) is 5.91 Å². The molecular weight excluding hydrogens is 241 g/mol. The molecule has 0 fully saturated rings. The largest absolute Gasteiger partial charge is 0.480 e. The summed E-state index contributed by atoms with van der Waals surface area (Å²) in [6, 6.07) is 4.42. The summed E-state index contributed by atoms with van der Waals surface area (Å²) in [5.41, 5.74) is 0.780. The molecule has 1 rings (SSSR count). The van der Waals surface area contributed by atoms with Crippen molar-refractivity contribution in [1.29, 1.82) is 0 Å². The molecule has 3 N–H and O–H groups in total. The standard InChI is InChI=1S/C12H14FNO4/c13-9-4-1-8(2-5-9)3-6-11(16)14-10(7-15)12(17)18/h1-2,4-5,10,15H,3,6-7H2,(H,14,16)(H,17,18). The minimum atomic E-state index is -1.29. The van der Waals surface area contributed by atoms with Crippen LogP contribution in [0.15, 0.2) is 24.3 Å². The molecule has 98 valence electrons. The minimum Gasteiger partial charge on any atom is -0.480 e. The smallest absolute Gasteiger partial charge is 0.328 e. The van der Waals surface area contributed by atoms with Crippen LogP contribution in [-0.2, 0) is 16.0 Å². The van der Waals surface area contributed by atoms with E-state index in [2.05, 4.69) is 5.32 Å². The number of nitrogens with one attached hydrogen (secondary N) is 1. The van der Waals surface area contributed by atoms with E-state index in [1.165, 1.54) is 12.1 Å². The van der Waals surface area contributed by atoms with E-state index in [9.17, 15) is 14.0 Å². The van der Waals surface area contributed by atoms with E-state index in [0.717, 1.165) is 5.56 Å². The average Bonchev–Trinajstić information content (AvgIpc) is 2.35. The zero-order valence-corrected chi connectivity index (χ0v) is 9.60. The number of hydrogen-bond acceptors (Lipinski definition) is 3. The third-order valence-corrected chi connectivity index (χ3v) is 2.37. The van der Waals surface area contributed by atoms with Gasteiger partial charge in [-0.3, -0.25) is 4.79 Å². The molecule has 0 spiro atoms. The predicted octanol–water partition coefficient (Wildman–Crippen LogP) is 0.320. The van der Waals surface area contributed by atoms with Crippen molar-refractivity contribution in [1.82, 2.24) is 5.32 Å². The van der Waals surface area contributed by atoms with Crippen molar-refractivity contribution in [3.63, 3.8) is 0 Å². The quantitative estimate of drug-likeness (QED) is 0.683. The lowest BCUT2D eigenvalue weighted by Crippen LogP contribution is -2.43. The first-order chi connectivity index (χ1) is 8.52. The Morgan fingerprint density at radius 2 is 1.89 bits per heavy atom. The number of aliphatic hydroxyl groups excluding tert-OH is 1. The SMILES string of the molecule is O=C(CCc1ccc(F)cc1)NC(CO)C(=O)O. The lowest BCUT2D eigenvalue weighted by molar-refractivity contribution is -0.142. The van der Waals surface area contributed by atoms with E-state index in [4.69, 9.17) is 10.2 Å². The Kier molecular flexibility index (Phi) is 5.26. The van der Waals surface area contributed by atoms with E-state index >= 15 is 0 Å². The molecule has 1 unspecified atom stereocenters. The normalized spacial score (nSPS) is 11.9. The topological polar surface area (TPSA) is 86.6 Å². The van der Waals surface area contributed by atoms with Crippen molar-refractivity contribution in [3.05, 3.63) is 35.6 Å². The first-order valence-corrected chi connectivity index (χ1v) is 5.40. The highest BCUT2D eigenvalue weighted by Gasteiger charge is 2.18. The molecule has 0 saturated heterocycles. The van der Waals surface area contributed by atoms with Gasteiger partial charge in [-0.15, -0.1) is 0 Å². The van der Waals surface area contributed by atoms with E-state index < -0.39 is 24.5 Å². The predicted molar refractivity (Wildman–Crippen MR) is 61.4 cm³/mol. The molecule has 0 radical (unpaired) electrons. The van der Waals surface area contributed by atoms with Gasteiger partial charge in [0.05, 0.1) is 6.61 Å². The Morgan fingerprint density at radius 3 is 2.39 bits per heavy atom. The van der Waals surface area contributed by atoms with Crippen LogP contribution in [0.5, 0.6) is 0 Å². The number of carboxylic acid groups (broad SMARTS) is 1. The van der Waals surface area contributed by atoms with Gasteiger partial charge in [-0.05, 0) is 24.1 Å². The number of carboxylic acids is 1. The van der Waals surface area contributed by atoms with Crippen LogP contribution >= 0.6 is 0 Å². The monoisotopic (exact) mass is 255 g/mol. The van der Waals surface area contributed by atoms with Crippen molar-refractivity contribution in [2.75, 3.05) is 6.61 Å². The van der Waals surface area contributed by atoms with Gasteiger partial charge in [-0.25, -0.2) is 9.18 Å². The van der Waals surface area contributed by atoms with Gasteiger partial charge in [0.1, 0.15) is 11.9 Å². The van der Waals surface area contributed by atoms with E-state index in [-0.39, 0.29) is 12.2 Å². The Balaban J connectivity index is 2.41. The summed E-state index contributed by atoms with van der Waals surface area (Å²) < 4.78 is 12.6. The summed E-state index contributed by atoms with van der Waals surface area (Å²) in [4.78, 5) is 22.0. The summed E-state index contributed by atoms with van der Waals surface area (Å²) >= 11 is 0. The van der Waals surface area contributed by atoms with Gasteiger partial charge in [0, 0.05) is 6.42 Å². The number of amides is 1. The molecule has 1 aromatic carbocycles. The second-order valence-corrected chi connectivity index (χ2v) is 3.77. The maximum absolute atomic E-state index is 12.6. The molecular formula is C12H14FNO4. The van der Waals surface area contributed by atoms with E-state index in [1.54, 1.807) is 12.1 Å². The van der Waals surface area contributed by atoms with Gasteiger partial charge in [0.25, 0.3) is 0 Å². The molecule has 1 atom stereocenters. The number of benzene rings is 1. The van der Waals surface area contributed by atoms with Crippen LogP contribution in [0.25, 0.3) is 0 Å². The number of carbonyl (C=O) groups excluding carboxylic acids is 1. The number of aliphatic carboxylic acids is 1. The molecule has 0 saturated carbocycles. The fourth-order valence-electron chi connectivity index (χ4n) is 1.36. The Hall–Kier alpha value is -1.95. The molecule has 0 aliphatic rings. The first-order valence-electron chi connectivity index (χ1n) is 5.40. The summed E-state index contributed by atoms with van der Waals surface area (Å²) in [5.74, 6) is -2.11. The maximum atomic E-state index is 12.6. The van der Waals surface area contributed by atoms with Crippen LogP contribution in [-0.4, -0.2) is 34.7 Å². The van der Waals surface area contributed by atoms with Crippen molar-refractivity contribution in [3.8, 4) is 0 Å². The molecule has 0 aromatic heterocycles. The highest BCUT2D eigenvalue weighted by Crippen LogP contribution is 2.05. The molecule has 18 heavy (non-hydrogen) atoms. The van der Waals surface area contributed by atoms with Crippen molar-refractivity contribution < 1.29 is 24.2 Å². The van der Waals surface area contributed by atoms with Crippen LogP contribution < -0.4 is 5.32 Å². The van der Waals surface area contributed by atoms with Gasteiger partial charge >= 0.3 is 5.97 Å². The Bertz CT molecular complexity index is 419. The fraction of sp³-hybridized carbons (Fsp3) is 0.333. The molecule has 1 amide bonds. The van der Waals surface area contributed by atoms with E-state index in [0.29, 0.717) is 6.42 Å².